The van der Waals surface area contributed by atoms with Crippen molar-refractivity contribution in [3.8, 4) is 0 Å². The number of nitrogens with one attached hydrogen (secondary N) is 1. The lowest BCUT2D eigenvalue weighted by atomic mass is 10.2. The van der Waals surface area contributed by atoms with Crippen molar-refractivity contribution in [3.05, 3.63) is 59.5 Å². The molecule has 0 atom stereocenters. The van der Waals surface area contributed by atoms with Crippen molar-refractivity contribution < 1.29 is 4.79 Å². The SMILES string of the molecule is O=C(CCCCc1nc2ccccc2s1)NCCc1nnc2ccccn12. The fourth-order valence-electron chi connectivity index (χ4n) is 3.05. The molecule has 7 heteroatoms. The summed E-state index contributed by atoms with van der Waals surface area (Å²) in [4.78, 5) is 16.7. The maximum atomic E-state index is 12.0. The average molecular weight is 379 g/mol. The Bertz CT molecular complexity index is 1020. The van der Waals surface area contributed by atoms with Gasteiger partial charge >= 0.3 is 0 Å². The summed E-state index contributed by atoms with van der Waals surface area (Å²) < 4.78 is 3.18. The van der Waals surface area contributed by atoms with Crippen LogP contribution in [-0.4, -0.2) is 32.0 Å². The summed E-state index contributed by atoms with van der Waals surface area (Å²) in [5, 5.41) is 12.4. The number of aryl methyl sites for hydroxylation is 1. The second-order valence-corrected chi connectivity index (χ2v) is 7.54. The Balaban J connectivity index is 1.16. The van der Waals surface area contributed by atoms with E-state index >= 15 is 0 Å². The number of carbonyl (C=O) groups excluding carboxylic acids is 1. The molecule has 3 aromatic heterocycles. The molecule has 0 aliphatic carbocycles. The fourth-order valence-corrected chi connectivity index (χ4v) is 4.06. The highest BCUT2D eigenvalue weighted by Crippen LogP contribution is 2.22. The van der Waals surface area contributed by atoms with Gasteiger partial charge in [0.25, 0.3) is 0 Å². The van der Waals surface area contributed by atoms with Gasteiger partial charge in [0.2, 0.25) is 5.91 Å². The summed E-state index contributed by atoms with van der Waals surface area (Å²) in [5.41, 5.74) is 1.89. The van der Waals surface area contributed by atoms with Crippen LogP contribution < -0.4 is 5.32 Å². The molecular weight excluding hydrogens is 358 g/mol. The minimum Gasteiger partial charge on any atom is -0.356 e. The van der Waals surface area contributed by atoms with Gasteiger partial charge in [-0.05, 0) is 43.5 Å². The van der Waals surface area contributed by atoms with E-state index in [4.69, 9.17) is 0 Å². The largest absolute Gasteiger partial charge is 0.356 e. The highest BCUT2D eigenvalue weighted by atomic mass is 32.1. The number of para-hydroxylation sites is 1. The van der Waals surface area contributed by atoms with Gasteiger partial charge in [0.1, 0.15) is 5.82 Å². The van der Waals surface area contributed by atoms with Gasteiger partial charge in [0, 0.05) is 25.6 Å². The summed E-state index contributed by atoms with van der Waals surface area (Å²) in [7, 11) is 0. The van der Waals surface area contributed by atoms with Crippen LogP contribution in [0.3, 0.4) is 0 Å². The number of unbranched alkanes of at least 4 members (excludes halogenated alkanes) is 1. The highest BCUT2D eigenvalue weighted by Gasteiger charge is 2.07. The predicted molar refractivity (Wildman–Crippen MR) is 107 cm³/mol. The van der Waals surface area contributed by atoms with E-state index in [1.54, 1.807) is 11.3 Å². The first kappa shape index (κ1) is 17.6. The van der Waals surface area contributed by atoms with E-state index in [9.17, 15) is 4.79 Å². The van der Waals surface area contributed by atoms with E-state index in [0.29, 0.717) is 19.4 Å². The second-order valence-electron chi connectivity index (χ2n) is 6.43. The second kappa shape index (κ2) is 8.26. The average Bonchev–Trinajstić information content (AvgIpc) is 3.29. The van der Waals surface area contributed by atoms with Crippen LogP contribution in [0.5, 0.6) is 0 Å². The molecule has 0 unspecified atom stereocenters. The van der Waals surface area contributed by atoms with Gasteiger partial charge in [0.15, 0.2) is 5.65 Å². The number of nitrogens with zero attached hydrogens (tertiary/aromatic N) is 4. The lowest BCUT2D eigenvalue weighted by Gasteiger charge is -2.04. The van der Waals surface area contributed by atoms with Crippen LogP contribution in [-0.2, 0) is 17.6 Å². The molecule has 6 nitrogen and oxygen atoms in total. The van der Waals surface area contributed by atoms with Gasteiger partial charge in [-0.2, -0.15) is 0 Å². The van der Waals surface area contributed by atoms with E-state index < -0.39 is 0 Å². The third-order valence-electron chi connectivity index (χ3n) is 4.44. The predicted octanol–water partition coefficient (Wildman–Crippen LogP) is 3.41. The lowest BCUT2D eigenvalue weighted by Crippen LogP contribution is -2.25. The number of fused-ring (bicyclic) bond motifs is 2. The third kappa shape index (κ3) is 4.31. The number of amides is 1. The topological polar surface area (TPSA) is 72.2 Å². The third-order valence-corrected chi connectivity index (χ3v) is 5.53. The van der Waals surface area contributed by atoms with Crippen LogP contribution in [0.2, 0.25) is 0 Å². The zero-order chi connectivity index (χ0) is 18.5. The van der Waals surface area contributed by atoms with Gasteiger partial charge in [-0.15, -0.1) is 21.5 Å². The maximum absolute atomic E-state index is 12.0. The molecule has 0 radical (unpaired) electrons. The summed E-state index contributed by atoms with van der Waals surface area (Å²) in [6, 6.07) is 14.0. The Kier molecular flexibility index (Phi) is 5.39. The number of benzene rings is 1. The number of pyridine rings is 1. The number of rotatable bonds is 8. The molecule has 0 aliphatic rings. The molecular formula is C20H21N5OS. The molecule has 0 saturated carbocycles. The molecule has 138 valence electrons. The summed E-state index contributed by atoms with van der Waals surface area (Å²) in [6.07, 6.45) is 5.93. The Morgan fingerprint density at radius 1 is 1.04 bits per heavy atom. The fraction of sp³-hybridized carbons (Fsp3) is 0.300. The van der Waals surface area contributed by atoms with Crippen molar-refractivity contribution in [1.29, 1.82) is 0 Å². The van der Waals surface area contributed by atoms with Crippen LogP contribution >= 0.6 is 11.3 Å². The number of carbonyl (C=O) groups is 1. The Labute approximate surface area is 161 Å². The number of hydrogen-bond donors (Lipinski definition) is 1. The molecule has 3 heterocycles. The monoisotopic (exact) mass is 379 g/mol. The molecule has 0 saturated heterocycles. The quantitative estimate of drug-likeness (QED) is 0.476. The van der Waals surface area contributed by atoms with Gasteiger partial charge < -0.3 is 5.32 Å². The van der Waals surface area contributed by atoms with Crippen molar-refractivity contribution in [2.45, 2.75) is 32.1 Å². The standard InChI is InChI=1S/C20H21N5OS/c26-19(21-13-12-18-24-23-17-9-5-6-14-25(17)18)10-3-4-11-20-22-15-7-1-2-8-16(15)27-20/h1-2,5-9,14H,3-4,10-13H2,(H,21,26). The van der Waals surface area contributed by atoms with E-state index in [1.807, 2.05) is 47.0 Å². The molecule has 27 heavy (non-hydrogen) atoms. The molecule has 0 fully saturated rings. The minimum absolute atomic E-state index is 0.0909. The van der Waals surface area contributed by atoms with Crippen LogP contribution in [0.1, 0.15) is 30.1 Å². The van der Waals surface area contributed by atoms with Gasteiger partial charge in [-0.3, -0.25) is 9.20 Å². The Morgan fingerprint density at radius 3 is 2.85 bits per heavy atom. The number of aromatic nitrogens is 4. The van der Waals surface area contributed by atoms with Gasteiger partial charge in [0.05, 0.1) is 15.2 Å². The Hall–Kier alpha value is -2.80. The maximum Gasteiger partial charge on any atom is 0.220 e. The summed E-state index contributed by atoms with van der Waals surface area (Å²) >= 11 is 1.74. The zero-order valence-corrected chi connectivity index (χ0v) is 15.8. The van der Waals surface area contributed by atoms with Crippen molar-refractivity contribution in [1.82, 2.24) is 24.9 Å². The molecule has 4 aromatic rings. The van der Waals surface area contributed by atoms with Crippen molar-refractivity contribution >= 4 is 33.1 Å². The molecule has 0 aliphatic heterocycles. The van der Waals surface area contributed by atoms with Crippen molar-refractivity contribution in [2.75, 3.05) is 6.54 Å². The number of thiazole rings is 1. The van der Waals surface area contributed by atoms with E-state index in [2.05, 4.69) is 26.6 Å². The number of hydrogen-bond acceptors (Lipinski definition) is 5. The highest BCUT2D eigenvalue weighted by molar-refractivity contribution is 7.18. The van der Waals surface area contributed by atoms with Crippen LogP contribution in [0.4, 0.5) is 0 Å². The zero-order valence-electron chi connectivity index (χ0n) is 15.0. The molecule has 0 spiro atoms. The van der Waals surface area contributed by atoms with E-state index in [1.165, 1.54) is 4.70 Å². The lowest BCUT2D eigenvalue weighted by molar-refractivity contribution is -0.121. The van der Waals surface area contributed by atoms with Crippen LogP contribution in [0.15, 0.2) is 48.7 Å². The van der Waals surface area contributed by atoms with Crippen molar-refractivity contribution in [3.63, 3.8) is 0 Å². The van der Waals surface area contributed by atoms with Crippen LogP contribution in [0, 0.1) is 0 Å². The first-order valence-corrected chi connectivity index (χ1v) is 10.0. The Morgan fingerprint density at radius 2 is 1.93 bits per heavy atom. The normalized spacial score (nSPS) is 11.3. The molecule has 1 aromatic carbocycles. The minimum atomic E-state index is 0.0909. The molecule has 1 N–H and O–H groups in total. The van der Waals surface area contributed by atoms with E-state index in [0.717, 1.165) is 41.3 Å². The smallest absolute Gasteiger partial charge is 0.220 e. The molecule has 1 amide bonds. The molecule has 4 rings (SSSR count). The van der Waals surface area contributed by atoms with Crippen LogP contribution in [0.25, 0.3) is 15.9 Å². The van der Waals surface area contributed by atoms with Gasteiger partial charge in [-0.25, -0.2) is 4.98 Å². The summed E-state index contributed by atoms with van der Waals surface area (Å²) in [5.74, 6) is 0.954. The van der Waals surface area contributed by atoms with Gasteiger partial charge in [-0.1, -0.05) is 18.2 Å². The van der Waals surface area contributed by atoms with E-state index in [-0.39, 0.29) is 5.91 Å². The molecule has 0 bridgehead atoms. The summed E-state index contributed by atoms with van der Waals surface area (Å²) in [6.45, 7) is 0.576. The van der Waals surface area contributed by atoms with Crippen molar-refractivity contribution in [2.24, 2.45) is 0 Å². The first-order valence-electron chi connectivity index (χ1n) is 9.19. The first-order chi connectivity index (χ1) is 13.3.